The molecule has 0 aromatic heterocycles. The van der Waals surface area contributed by atoms with Gasteiger partial charge < -0.3 is 5.32 Å². The molecule has 8 nitrogen and oxygen atoms in total. The third kappa shape index (κ3) is 3.44. The van der Waals surface area contributed by atoms with E-state index >= 15 is 0 Å². The molecule has 3 fully saturated rings. The first-order chi connectivity index (χ1) is 14.5. The third-order valence-electron chi connectivity index (χ3n) is 6.67. The van der Waals surface area contributed by atoms with E-state index in [0.29, 0.717) is 23.7 Å². The van der Waals surface area contributed by atoms with Crippen LogP contribution in [-0.2, 0) is 16.1 Å². The van der Waals surface area contributed by atoms with Gasteiger partial charge in [-0.2, -0.15) is 0 Å². The van der Waals surface area contributed by atoms with Crippen LogP contribution in [0.4, 0.5) is 0 Å². The zero-order valence-corrected chi connectivity index (χ0v) is 16.9. The molecule has 0 radical (unpaired) electrons. The van der Waals surface area contributed by atoms with E-state index in [-0.39, 0.29) is 18.7 Å². The molecule has 1 aliphatic carbocycles. The molecule has 4 aliphatic rings. The van der Waals surface area contributed by atoms with Gasteiger partial charge in [-0.05, 0) is 49.8 Å². The number of imide groups is 2. The van der Waals surface area contributed by atoms with Crippen LogP contribution in [0.15, 0.2) is 18.2 Å². The molecule has 1 aromatic rings. The minimum Gasteiger partial charge on any atom is -0.315 e. The van der Waals surface area contributed by atoms with Crippen LogP contribution >= 0.6 is 0 Å². The minimum atomic E-state index is -0.926. The number of nitrogens with zero attached hydrogens (tertiary/aromatic N) is 2. The number of piperidine rings is 1. The smallest absolute Gasteiger partial charge is 0.262 e. The molecule has 0 bridgehead atoms. The van der Waals surface area contributed by atoms with E-state index in [1.165, 1.54) is 12.8 Å². The van der Waals surface area contributed by atoms with Crippen molar-refractivity contribution in [3.05, 3.63) is 34.9 Å². The third-order valence-corrected chi connectivity index (χ3v) is 6.67. The lowest BCUT2D eigenvalue weighted by molar-refractivity contribution is -0.136. The Kier molecular flexibility index (Phi) is 4.91. The van der Waals surface area contributed by atoms with Crippen molar-refractivity contribution >= 4 is 23.6 Å². The summed E-state index contributed by atoms with van der Waals surface area (Å²) >= 11 is 0. The molecule has 2 saturated heterocycles. The van der Waals surface area contributed by atoms with E-state index in [0.717, 1.165) is 42.4 Å². The lowest BCUT2D eigenvalue weighted by Gasteiger charge is -2.29. The molecule has 158 valence electrons. The minimum absolute atomic E-state index is 0.126. The summed E-state index contributed by atoms with van der Waals surface area (Å²) in [6.45, 7) is 3.57. The lowest BCUT2D eigenvalue weighted by Crippen LogP contribution is -2.54. The zero-order valence-electron chi connectivity index (χ0n) is 16.9. The number of carbonyl (C=O) groups is 4. The highest BCUT2D eigenvalue weighted by Crippen LogP contribution is 2.34. The molecule has 4 amide bonds. The van der Waals surface area contributed by atoms with Crippen LogP contribution in [0.2, 0.25) is 0 Å². The molecule has 1 unspecified atom stereocenters. The molecule has 3 aliphatic heterocycles. The fraction of sp³-hybridized carbons (Fsp3) is 0.545. The van der Waals surface area contributed by atoms with Crippen molar-refractivity contribution in [3.63, 3.8) is 0 Å². The number of amides is 4. The summed E-state index contributed by atoms with van der Waals surface area (Å²) in [5.74, 6) is -1.08. The Morgan fingerprint density at radius 1 is 1.03 bits per heavy atom. The first-order valence-electron chi connectivity index (χ1n) is 10.8. The quantitative estimate of drug-likeness (QED) is 0.669. The van der Waals surface area contributed by atoms with Crippen LogP contribution in [0, 0.1) is 5.92 Å². The van der Waals surface area contributed by atoms with Gasteiger partial charge in [-0.15, -0.1) is 0 Å². The lowest BCUT2D eigenvalue weighted by atomic mass is 10.0. The van der Waals surface area contributed by atoms with Gasteiger partial charge in [-0.1, -0.05) is 12.1 Å². The number of fused-ring (bicyclic) bond motifs is 1. The van der Waals surface area contributed by atoms with Crippen LogP contribution in [0.1, 0.15) is 58.4 Å². The summed E-state index contributed by atoms with van der Waals surface area (Å²) in [5.41, 5.74) is 1.62. The Morgan fingerprint density at radius 2 is 1.87 bits per heavy atom. The Labute approximate surface area is 175 Å². The number of benzene rings is 1. The predicted octanol–water partition coefficient (Wildman–Crippen LogP) is 0.662. The van der Waals surface area contributed by atoms with E-state index in [4.69, 9.17) is 0 Å². The molecule has 5 rings (SSSR count). The average Bonchev–Trinajstić information content (AvgIpc) is 3.29. The van der Waals surface area contributed by atoms with Gasteiger partial charge in [0.05, 0.1) is 11.1 Å². The topological polar surface area (TPSA) is 98.8 Å². The van der Waals surface area contributed by atoms with Gasteiger partial charge in [-0.3, -0.25) is 34.3 Å². The second kappa shape index (κ2) is 7.59. The first kappa shape index (κ1) is 19.4. The Bertz CT molecular complexity index is 920. The predicted molar refractivity (Wildman–Crippen MR) is 108 cm³/mol. The van der Waals surface area contributed by atoms with E-state index in [1.54, 1.807) is 6.07 Å². The summed E-state index contributed by atoms with van der Waals surface area (Å²) in [7, 11) is 0. The Morgan fingerprint density at radius 3 is 2.57 bits per heavy atom. The van der Waals surface area contributed by atoms with Gasteiger partial charge >= 0.3 is 0 Å². The molecule has 8 heteroatoms. The average molecular weight is 410 g/mol. The van der Waals surface area contributed by atoms with Crippen molar-refractivity contribution < 1.29 is 19.2 Å². The maximum Gasteiger partial charge on any atom is 0.262 e. The van der Waals surface area contributed by atoms with Gasteiger partial charge in [0.25, 0.3) is 11.8 Å². The number of rotatable bonds is 6. The molecular weight excluding hydrogens is 384 g/mol. The zero-order chi connectivity index (χ0) is 20.8. The fourth-order valence-corrected chi connectivity index (χ4v) is 4.86. The number of hydrogen-bond donors (Lipinski definition) is 2. The van der Waals surface area contributed by atoms with Crippen molar-refractivity contribution in [1.29, 1.82) is 0 Å². The first-order valence-corrected chi connectivity index (χ1v) is 10.8. The molecule has 3 heterocycles. The summed E-state index contributed by atoms with van der Waals surface area (Å²) in [6, 6.07) is 4.90. The number of hydrogen-bond acceptors (Lipinski definition) is 6. The largest absolute Gasteiger partial charge is 0.315 e. The van der Waals surface area contributed by atoms with Crippen molar-refractivity contribution in [2.75, 3.05) is 19.6 Å². The molecular formula is C22H26N4O4. The molecule has 2 atom stereocenters. The van der Waals surface area contributed by atoms with Crippen molar-refractivity contribution in [3.8, 4) is 0 Å². The van der Waals surface area contributed by atoms with Gasteiger partial charge in [-0.25, -0.2) is 0 Å². The van der Waals surface area contributed by atoms with Crippen LogP contribution < -0.4 is 10.6 Å². The van der Waals surface area contributed by atoms with E-state index in [9.17, 15) is 19.2 Å². The molecule has 1 saturated carbocycles. The highest BCUT2D eigenvalue weighted by molar-refractivity contribution is 6.24. The fourth-order valence-electron chi connectivity index (χ4n) is 4.86. The molecule has 2 N–H and O–H groups in total. The summed E-state index contributed by atoms with van der Waals surface area (Å²) in [4.78, 5) is 53.6. The molecule has 0 spiro atoms. The van der Waals surface area contributed by atoms with Crippen molar-refractivity contribution in [1.82, 2.24) is 20.4 Å². The van der Waals surface area contributed by atoms with Gasteiger partial charge in [0.15, 0.2) is 0 Å². The summed E-state index contributed by atoms with van der Waals surface area (Å²) in [5, 5.41) is 5.66. The van der Waals surface area contributed by atoms with E-state index in [2.05, 4.69) is 15.5 Å². The number of carbonyl (C=O) groups excluding carboxylic acids is 4. The van der Waals surface area contributed by atoms with Crippen LogP contribution in [0.3, 0.4) is 0 Å². The normalized spacial score (nSPS) is 26.5. The Balaban J connectivity index is 1.42. The monoisotopic (exact) mass is 410 g/mol. The Hall–Kier alpha value is -2.58. The molecule has 30 heavy (non-hydrogen) atoms. The summed E-state index contributed by atoms with van der Waals surface area (Å²) < 4.78 is 0. The van der Waals surface area contributed by atoms with Crippen LogP contribution in [-0.4, -0.2) is 65.1 Å². The van der Waals surface area contributed by atoms with Crippen LogP contribution in [0.5, 0.6) is 0 Å². The van der Waals surface area contributed by atoms with Crippen molar-refractivity contribution in [2.24, 2.45) is 5.92 Å². The maximum atomic E-state index is 13.3. The maximum absolute atomic E-state index is 13.3. The second-order valence-electron chi connectivity index (χ2n) is 8.81. The SMILES string of the molecule is O=C1CCC(N2C(=O)c3cccc(CN(CC4CC4)[C@@H]4CCNC4)c3C2=O)C(=O)N1. The van der Waals surface area contributed by atoms with Gasteiger partial charge in [0.1, 0.15) is 6.04 Å². The highest BCUT2D eigenvalue weighted by Gasteiger charge is 2.45. The van der Waals surface area contributed by atoms with Crippen molar-refractivity contribution in [2.45, 2.75) is 50.7 Å². The standard InChI is InChI=1S/C22H26N4O4/c27-18-7-6-17(20(28)24-18)26-21(29)16-3-1-2-14(19(16)22(26)30)12-25(11-13-4-5-13)15-8-9-23-10-15/h1-3,13,15,17,23H,4-12H2,(H,24,27,28)/t15-,17?/m1/s1. The van der Waals surface area contributed by atoms with Crippen LogP contribution in [0.25, 0.3) is 0 Å². The number of nitrogens with one attached hydrogen (secondary N) is 2. The summed E-state index contributed by atoms with van der Waals surface area (Å²) in [6.07, 6.45) is 3.89. The second-order valence-corrected chi connectivity index (χ2v) is 8.81. The molecule has 1 aromatic carbocycles. The van der Waals surface area contributed by atoms with E-state index < -0.39 is 23.8 Å². The van der Waals surface area contributed by atoms with E-state index in [1.807, 2.05) is 12.1 Å². The highest BCUT2D eigenvalue weighted by atomic mass is 16.2. The van der Waals surface area contributed by atoms with Gasteiger partial charge in [0, 0.05) is 32.1 Å². The van der Waals surface area contributed by atoms with Gasteiger partial charge in [0.2, 0.25) is 11.8 Å².